The summed E-state index contributed by atoms with van der Waals surface area (Å²) < 4.78 is 11.8. The molecule has 0 spiro atoms. The zero-order valence-electron chi connectivity index (χ0n) is 16.1. The number of carbonyl (C=O) groups excluding carboxylic acids is 1. The molecule has 0 saturated carbocycles. The molecular formula is C21H21BrN2O5. The summed E-state index contributed by atoms with van der Waals surface area (Å²) in [5.74, 6) is -0.130. The molecule has 1 aliphatic rings. The Kier molecular flexibility index (Phi) is 6.53. The van der Waals surface area contributed by atoms with Crippen molar-refractivity contribution in [1.82, 2.24) is 5.01 Å². The molecular weight excluding hydrogens is 440 g/mol. The molecule has 0 unspecified atom stereocenters. The first-order valence-electron chi connectivity index (χ1n) is 9.02. The summed E-state index contributed by atoms with van der Waals surface area (Å²) in [4.78, 5) is 23.7. The van der Waals surface area contributed by atoms with E-state index >= 15 is 0 Å². The monoisotopic (exact) mass is 460 g/mol. The van der Waals surface area contributed by atoms with E-state index < -0.39 is 12.0 Å². The fourth-order valence-corrected chi connectivity index (χ4v) is 3.49. The highest BCUT2D eigenvalue weighted by molar-refractivity contribution is 9.10. The van der Waals surface area contributed by atoms with Gasteiger partial charge in [0.05, 0.1) is 32.4 Å². The minimum Gasteiger partial charge on any atom is -0.497 e. The number of carbonyl (C=O) groups is 2. The van der Waals surface area contributed by atoms with Gasteiger partial charge in [0, 0.05) is 22.9 Å². The number of aliphatic carboxylic acids is 1. The smallest absolute Gasteiger partial charge is 0.303 e. The van der Waals surface area contributed by atoms with Crippen LogP contribution in [0.1, 0.15) is 36.4 Å². The molecule has 0 saturated heterocycles. The van der Waals surface area contributed by atoms with Gasteiger partial charge in [0.1, 0.15) is 11.5 Å². The van der Waals surface area contributed by atoms with Crippen molar-refractivity contribution in [1.29, 1.82) is 0 Å². The van der Waals surface area contributed by atoms with Gasteiger partial charge in [0.25, 0.3) is 0 Å². The van der Waals surface area contributed by atoms with Crippen LogP contribution in [0.15, 0.2) is 52.0 Å². The molecule has 1 heterocycles. The second kappa shape index (κ2) is 9.09. The molecule has 2 aromatic rings. The summed E-state index contributed by atoms with van der Waals surface area (Å²) in [5.41, 5.74) is 2.40. The Morgan fingerprint density at radius 3 is 2.48 bits per heavy atom. The van der Waals surface area contributed by atoms with E-state index in [0.29, 0.717) is 17.9 Å². The molecule has 1 amide bonds. The van der Waals surface area contributed by atoms with Crippen LogP contribution in [0.25, 0.3) is 0 Å². The van der Waals surface area contributed by atoms with Crippen LogP contribution in [-0.4, -0.2) is 41.9 Å². The zero-order chi connectivity index (χ0) is 21.0. The largest absolute Gasteiger partial charge is 0.497 e. The van der Waals surface area contributed by atoms with Gasteiger partial charge in [-0.2, -0.15) is 5.10 Å². The highest BCUT2D eigenvalue weighted by Crippen LogP contribution is 2.39. The summed E-state index contributed by atoms with van der Waals surface area (Å²) in [6.45, 7) is 0. The summed E-state index contributed by atoms with van der Waals surface area (Å²) in [7, 11) is 3.13. The number of hydrogen-bond acceptors (Lipinski definition) is 5. The van der Waals surface area contributed by atoms with Crippen LogP contribution in [-0.2, 0) is 9.59 Å². The molecule has 29 heavy (non-hydrogen) atoms. The van der Waals surface area contributed by atoms with Crippen LogP contribution in [0.5, 0.6) is 11.5 Å². The number of hydrazone groups is 1. The Morgan fingerprint density at radius 2 is 1.86 bits per heavy atom. The van der Waals surface area contributed by atoms with Crippen LogP contribution in [0.2, 0.25) is 0 Å². The average Bonchev–Trinajstić information content (AvgIpc) is 3.17. The minimum absolute atomic E-state index is 0.130. The first kappa shape index (κ1) is 20.9. The van der Waals surface area contributed by atoms with Gasteiger partial charge in [-0.1, -0.05) is 28.1 Å². The number of benzene rings is 2. The first-order valence-corrected chi connectivity index (χ1v) is 9.81. The molecule has 152 valence electrons. The topological polar surface area (TPSA) is 88.4 Å². The third-order valence-corrected chi connectivity index (χ3v) is 5.22. The van der Waals surface area contributed by atoms with Crippen molar-refractivity contribution in [2.24, 2.45) is 5.10 Å². The molecule has 0 aromatic heterocycles. The van der Waals surface area contributed by atoms with Crippen molar-refractivity contribution in [3.8, 4) is 11.5 Å². The lowest BCUT2D eigenvalue weighted by atomic mass is 9.97. The van der Waals surface area contributed by atoms with E-state index in [2.05, 4.69) is 21.0 Å². The van der Waals surface area contributed by atoms with Gasteiger partial charge >= 0.3 is 5.97 Å². The second-order valence-corrected chi connectivity index (χ2v) is 7.43. The van der Waals surface area contributed by atoms with Crippen molar-refractivity contribution < 1.29 is 24.2 Å². The number of halogens is 1. The maximum absolute atomic E-state index is 12.8. The number of hydrogen-bond donors (Lipinski definition) is 1. The SMILES string of the molecule is COc1ccc(OC)c([C@H]2CC(c3ccc(Br)cc3)=NN2C(=O)CCC(=O)O)c1. The predicted molar refractivity (Wildman–Crippen MR) is 111 cm³/mol. The highest BCUT2D eigenvalue weighted by atomic mass is 79.9. The van der Waals surface area contributed by atoms with Crippen molar-refractivity contribution >= 4 is 33.5 Å². The van der Waals surface area contributed by atoms with Gasteiger partial charge in [0.2, 0.25) is 5.91 Å². The molecule has 0 fully saturated rings. The van der Waals surface area contributed by atoms with Gasteiger partial charge < -0.3 is 14.6 Å². The highest BCUT2D eigenvalue weighted by Gasteiger charge is 2.35. The van der Waals surface area contributed by atoms with Crippen molar-refractivity contribution in [2.45, 2.75) is 25.3 Å². The van der Waals surface area contributed by atoms with Crippen LogP contribution in [0.3, 0.4) is 0 Å². The number of carboxylic acids is 1. The van der Waals surface area contributed by atoms with Gasteiger partial charge in [0.15, 0.2) is 0 Å². The molecule has 0 radical (unpaired) electrons. The molecule has 2 aromatic carbocycles. The zero-order valence-corrected chi connectivity index (χ0v) is 17.7. The fraction of sp³-hybridized carbons (Fsp3) is 0.286. The summed E-state index contributed by atoms with van der Waals surface area (Å²) in [6.07, 6.45) is 0.0969. The first-order chi connectivity index (χ1) is 13.9. The second-order valence-electron chi connectivity index (χ2n) is 6.51. The number of nitrogens with zero attached hydrogens (tertiary/aromatic N) is 2. The average molecular weight is 461 g/mol. The predicted octanol–water partition coefficient (Wildman–Crippen LogP) is 4.01. The van der Waals surface area contributed by atoms with Gasteiger partial charge in [-0.25, -0.2) is 5.01 Å². The van der Waals surface area contributed by atoms with Crippen LogP contribution < -0.4 is 9.47 Å². The Balaban J connectivity index is 1.99. The number of carboxylic acid groups (broad SMARTS) is 1. The summed E-state index contributed by atoms with van der Waals surface area (Å²) in [6, 6.07) is 12.6. The number of rotatable bonds is 7. The van der Waals surface area contributed by atoms with Gasteiger partial charge in [-0.3, -0.25) is 9.59 Å². The van der Waals surface area contributed by atoms with Crippen molar-refractivity contribution in [2.75, 3.05) is 14.2 Å². The third kappa shape index (κ3) is 4.76. The maximum atomic E-state index is 12.8. The van der Waals surface area contributed by atoms with Crippen molar-refractivity contribution in [3.63, 3.8) is 0 Å². The number of ether oxygens (including phenoxy) is 2. The molecule has 0 bridgehead atoms. The van der Waals surface area contributed by atoms with E-state index in [-0.39, 0.29) is 18.7 Å². The van der Waals surface area contributed by atoms with Crippen LogP contribution in [0, 0.1) is 0 Å². The lowest BCUT2D eigenvalue weighted by molar-refractivity contribution is -0.141. The van der Waals surface area contributed by atoms with Gasteiger partial charge in [-0.05, 0) is 35.9 Å². The molecule has 1 atom stereocenters. The van der Waals surface area contributed by atoms with E-state index in [1.54, 1.807) is 26.4 Å². The Bertz CT molecular complexity index is 943. The van der Waals surface area contributed by atoms with Crippen molar-refractivity contribution in [3.05, 3.63) is 58.1 Å². The standard InChI is InChI=1S/C21H21BrN2O5/c1-28-15-7-8-19(29-2)16(11-15)18-12-17(13-3-5-14(22)6-4-13)23-24(18)20(25)9-10-21(26)27/h3-8,11,18H,9-10,12H2,1-2H3,(H,26,27)/t18-/m1/s1. The molecule has 3 rings (SSSR count). The summed E-state index contributed by atoms with van der Waals surface area (Å²) >= 11 is 3.42. The fourth-order valence-electron chi connectivity index (χ4n) is 3.23. The maximum Gasteiger partial charge on any atom is 0.303 e. The van der Waals surface area contributed by atoms with Crippen LogP contribution >= 0.6 is 15.9 Å². The van der Waals surface area contributed by atoms with E-state index in [1.165, 1.54) is 5.01 Å². The Labute approximate surface area is 177 Å². The number of methoxy groups -OCH3 is 2. The molecule has 8 heteroatoms. The number of amides is 1. The van der Waals surface area contributed by atoms with E-state index in [4.69, 9.17) is 14.6 Å². The molecule has 1 aliphatic heterocycles. The minimum atomic E-state index is -1.02. The third-order valence-electron chi connectivity index (χ3n) is 4.69. The lowest BCUT2D eigenvalue weighted by Gasteiger charge is -2.24. The quantitative estimate of drug-likeness (QED) is 0.673. The molecule has 1 N–H and O–H groups in total. The van der Waals surface area contributed by atoms with E-state index in [0.717, 1.165) is 21.3 Å². The van der Waals surface area contributed by atoms with E-state index in [1.807, 2.05) is 30.3 Å². The van der Waals surface area contributed by atoms with Gasteiger partial charge in [-0.15, -0.1) is 0 Å². The lowest BCUT2D eigenvalue weighted by Crippen LogP contribution is -2.27. The van der Waals surface area contributed by atoms with E-state index in [9.17, 15) is 9.59 Å². The summed E-state index contributed by atoms with van der Waals surface area (Å²) in [5, 5.41) is 14.9. The normalized spacial score (nSPS) is 15.8. The molecule has 7 nitrogen and oxygen atoms in total. The Morgan fingerprint density at radius 1 is 1.14 bits per heavy atom. The van der Waals surface area contributed by atoms with Crippen LogP contribution in [0.4, 0.5) is 0 Å². The molecule has 0 aliphatic carbocycles. The Hall–Kier alpha value is -2.87.